The molecule has 18 heavy (non-hydrogen) atoms. The van der Waals surface area contributed by atoms with E-state index in [0.717, 1.165) is 0 Å². The zero-order valence-electron chi connectivity index (χ0n) is 9.98. The van der Waals surface area contributed by atoms with Crippen LogP contribution in [0.25, 0.3) is 0 Å². The molecule has 0 spiro atoms. The molecule has 7 heteroatoms. The smallest absolute Gasteiger partial charge is 0.308 e. The number of methoxy groups -OCH3 is 1. The van der Waals surface area contributed by atoms with E-state index in [1.807, 2.05) is 4.90 Å². The van der Waals surface area contributed by atoms with E-state index < -0.39 is 0 Å². The maximum absolute atomic E-state index is 11.4. The van der Waals surface area contributed by atoms with Gasteiger partial charge in [0.25, 0.3) is 5.56 Å². The summed E-state index contributed by atoms with van der Waals surface area (Å²) < 4.78 is 4.72. The highest BCUT2D eigenvalue weighted by Crippen LogP contribution is 2.25. The molecule has 1 saturated heterocycles. The van der Waals surface area contributed by atoms with E-state index >= 15 is 0 Å². The molecule has 0 aliphatic carbocycles. The number of ether oxygens (including phenoxy) is 1. The predicted molar refractivity (Wildman–Crippen MR) is 66.8 cm³/mol. The predicted octanol–water partition coefficient (Wildman–Crippen LogP) is 0.813. The van der Waals surface area contributed by atoms with Crippen molar-refractivity contribution in [2.24, 2.45) is 5.92 Å². The van der Waals surface area contributed by atoms with E-state index in [-0.39, 0.29) is 22.5 Å². The summed E-state index contributed by atoms with van der Waals surface area (Å²) in [5.74, 6) is 0.218. The fraction of sp³-hybridized carbons (Fsp3) is 0.545. The molecule has 1 aliphatic heterocycles. The number of esters is 1. The average molecular weight is 272 g/mol. The van der Waals surface area contributed by atoms with Gasteiger partial charge in [-0.2, -0.15) is 0 Å². The molecular weight excluding hydrogens is 258 g/mol. The zero-order chi connectivity index (χ0) is 13.1. The topological polar surface area (TPSA) is 75.3 Å². The number of anilines is 1. The molecule has 0 radical (unpaired) electrons. The third-order valence-electron chi connectivity index (χ3n) is 3.11. The van der Waals surface area contributed by atoms with Crippen molar-refractivity contribution >= 4 is 23.4 Å². The van der Waals surface area contributed by atoms with Crippen LogP contribution >= 0.6 is 11.6 Å². The number of piperidine rings is 1. The fourth-order valence-electron chi connectivity index (χ4n) is 2.09. The van der Waals surface area contributed by atoms with Crippen LogP contribution in [0.1, 0.15) is 12.8 Å². The maximum atomic E-state index is 11.4. The van der Waals surface area contributed by atoms with E-state index in [1.54, 1.807) is 0 Å². The van der Waals surface area contributed by atoms with Gasteiger partial charge in [0.2, 0.25) is 0 Å². The highest BCUT2D eigenvalue weighted by Gasteiger charge is 2.27. The highest BCUT2D eigenvalue weighted by atomic mass is 35.5. The minimum Gasteiger partial charge on any atom is -0.469 e. The van der Waals surface area contributed by atoms with Gasteiger partial charge < -0.3 is 14.6 Å². The Morgan fingerprint density at radius 3 is 2.83 bits per heavy atom. The van der Waals surface area contributed by atoms with Gasteiger partial charge in [-0.15, -0.1) is 0 Å². The number of rotatable bonds is 2. The molecule has 98 valence electrons. The average Bonchev–Trinajstić information content (AvgIpc) is 2.41. The Hall–Kier alpha value is -1.56. The molecule has 0 amide bonds. The largest absolute Gasteiger partial charge is 0.469 e. The van der Waals surface area contributed by atoms with E-state index in [1.165, 1.54) is 13.4 Å². The second kappa shape index (κ2) is 5.39. The number of hydrogen-bond acceptors (Lipinski definition) is 5. The molecular formula is C11H14ClN3O3. The van der Waals surface area contributed by atoms with Crippen molar-refractivity contribution < 1.29 is 9.53 Å². The summed E-state index contributed by atoms with van der Waals surface area (Å²) in [7, 11) is 1.39. The fourth-order valence-corrected chi connectivity index (χ4v) is 2.31. The lowest BCUT2D eigenvalue weighted by atomic mass is 9.97. The van der Waals surface area contributed by atoms with Gasteiger partial charge in [0, 0.05) is 13.1 Å². The van der Waals surface area contributed by atoms with Gasteiger partial charge in [0.05, 0.1) is 19.4 Å². The summed E-state index contributed by atoms with van der Waals surface area (Å²) in [6.45, 7) is 1.27. The van der Waals surface area contributed by atoms with Gasteiger partial charge in [0.1, 0.15) is 5.02 Å². The number of carbonyl (C=O) groups is 1. The molecule has 1 aromatic heterocycles. The normalized spacial score (nSPS) is 16.7. The lowest BCUT2D eigenvalue weighted by Crippen LogP contribution is -2.38. The molecule has 0 bridgehead atoms. The van der Waals surface area contributed by atoms with Crippen LogP contribution in [-0.4, -0.2) is 36.1 Å². The first-order valence-corrected chi connectivity index (χ1v) is 6.07. The number of carbonyl (C=O) groups excluding carboxylic acids is 1. The van der Waals surface area contributed by atoms with Crippen LogP contribution < -0.4 is 10.5 Å². The van der Waals surface area contributed by atoms with Crippen molar-refractivity contribution in [3.8, 4) is 0 Å². The lowest BCUT2D eigenvalue weighted by molar-refractivity contribution is -0.146. The van der Waals surface area contributed by atoms with Crippen LogP contribution in [0.15, 0.2) is 11.1 Å². The number of hydrogen-bond donors (Lipinski definition) is 1. The van der Waals surface area contributed by atoms with Crippen LogP contribution in [0, 0.1) is 5.92 Å². The number of nitrogens with zero attached hydrogens (tertiary/aromatic N) is 2. The number of nitrogens with one attached hydrogen (secondary N) is 1. The maximum Gasteiger partial charge on any atom is 0.308 e. The highest BCUT2D eigenvalue weighted by molar-refractivity contribution is 6.32. The van der Waals surface area contributed by atoms with E-state index in [9.17, 15) is 9.59 Å². The number of aromatic amines is 1. The van der Waals surface area contributed by atoms with Crippen molar-refractivity contribution in [3.63, 3.8) is 0 Å². The lowest BCUT2D eigenvalue weighted by Gasteiger charge is -2.31. The van der Waals surface area contributed by atoms with Gasteiger partial charge in [-0.1, -0.05) is 11.6 Å². The second-order valence-corrected chi connectivity index (χ2v) is 4.53. The Kier molecular flexibility index (Phi) is 3.86. The summed E-state index contributed by atoms with van der Waals surface area (Å²) in [4.78, 5) is 31.2. The van der Waals surface area contributed by atoms with Gasteiger partial charge in [-0.25, -0.2) is 4.98 Å². The third-order valence-corrected chi connectivity index (χ3v) is 3.45. The van der Waals surface area contributed by atoms with Gasteiger partial charge in [0.15, 0.2) is 5.82 Å². The molecule has 1 fully saturated rings. The van der Waals surface area contributed by atoms with E-state index in [2.05, 4.69) is 9.97 Å². The monoisotopic (exact) mass is 271 g/mol. The second-order valence-electron chi connectivity index (χ2n) is 4.15. The SMILES string of the molecule is COC(=O)C1CCN(c2nc[nH]c(=O)c2Cl)CC1. The molecule has 0 aromatic carbocycles. The molecule has 0 saturated carbocycles. The van der Waals surface area contributed by atoms with Crippen molar-refractivity contribution in [2.75, 3.05) is 25.1 Å². The molecule has 1 aliphatic rings. The molecule has 2 heterocycles. The number of halogens is 1. The molecule has 1 aromatic rings. The Labute approximate surface area is 109 Å². The Morgan fingerprint density at radius 1 is 1.56 bits per heavy atom. The first-order valence-electron chi connectivity index (χ1n) is 5.69. The van der Waals surface area contributed by atoms with Crippen molar-refractivity contribution in [1.29, 1.82) is 0 Å². The number of aromatic nitrogens is 2. The van der Waals surface area contributed by atoms with Gasteiger partial charge >= 0.3 is 5.97 Å². The van der Waals surface area contributed by atoms with E-state index in [4.69, 9.17) is 16.3 Å². The summed E-state index contributed by atoms with van der Waals surface area (Å²) in [6.07, 6.45) is 2.69. The van der Waals surface area contributed by atoms with E-state index in [0.29, 0.717) is 31.7 Å². The van der Waals surface area contributed by atoms with Crippen LogP contribution in [0.3, 0.4) is 0 Å². The van der Waals surface area contributed by atoms with Crippen LogP contribution in [0.2, 0.25) is 5.02 Å². The minimum atomic E-state index is -0.350. The first-order chi connectivity index (χ1) is 8.63. The minimum absolute atomic E-state index is 0.0768. The van der Waals surface area contributed by atoms with Crippen LogP contribution in [-0.2, 0) is 9.53 Å². The van der Waals surface area contributed by atoms with Crippen molar-refractivity contribution in [2.45, 2.75) is 12.8 Å². The molecule has 0 unspecified atom stereocenters. The standard InChI is InChI=1S/C11H14ClN3O3/c1-18-11(17)7-2-4-15(5-3-7)9-8(12)10(16)14-6-13-9/h6-7H,2-5H2,1H3,(H,13,14,16). The summed E-state index contributed by atoms with van der Waals surface area (Å²) in [6, 6.07) is 0. The Bertz CT molecular complexity index is 495. The third kappa shape index (κ3) is 2.48. The molecule has 6 nitrogen and oxygen atoms in total. The van der Waals surface area contributed by atoms with Gasteiger partial charge in [-0.3, -0.25) is 9.59 Å². The molecule has 1 N–H and O–H groups in total. The summed E-state index contributed by atoms with van der Waals surface area (Å²) >= 11 is 5.91. The first kappa shape index (κ1) is 12.9. The summed E-state index contributed by atoms with van der Waals surface area (Å²) in [5, 5.41) is 0.0917. The molecule has 0 atom stereocenters. The van der Waals surface area contributed by atoms with Gasteiger partial charge in [-0.05, 0) is 12.8 Å². The Morgan fingerprint density at radius 2 is 2.22 bits per heavy atom. The zero-order valence-corrected chi connectivity index (χ0v) is 10.7. The molecule has 2 rings (SSSR count). The van der Waals surface area contributed by atoms with Crippen molar-refractivity contribution in [3.05, 3.63) is 21.7 Å². The summed E-state index contributed by atoms with van der Waals surface area (Å²) in [5.41, 5.74) is -0.350. The Balaban J connectivity index is 2.08. The quantitative estimate of drug-likeness (QED) is 0.806. The van der Waals surface area contributed by atoms with Crippen LogP contribution in [0.4, 0.5) is 5.82 Å². The number of H-pyrrole nitrogens is 1. The van der Waals surface area contributed by atoms with Crippen LogP contribution in [0.5, 0.6) is 0 Å². The van der Waals surface area contributed by atoms with Crippen molar-refractivity contribution in [1.82, 2.24) is 9.97 Å².